The fourth-order valence-corrected chi connectivity index (χ4v) is 3.51. The third-order valence-corrected chi connectivity index (χ3v) is 5.17. The quantitative estimate of drug-likeness (QED) is 0.361. The molecule has 1 heterocycles. The molecule has 0 aliphatic carbocycles. The van der Waals surface area contributed by atoms with Crippen LogP contribution in [-0.2, 0) is 11.2 Å². The maximum Gasteiger partial charge on any atom is 0.183 e. The third kappa shape index (κ3) is 4.82. The molecule has 1 aliphatic heterocycles. The molecule has 0 aromatic heterocycles. The molecule has 1 saturated heterocycles. The Bertz CT molecular complexity index is 888. The lowest BCUT2D eigenvalue weighted by Crippen LogP contribution is -2.34. The van der Waals surface area contributed by atoms with Crippen LogP contribution in [-0.4, -0.2) is 46.5 Å². The number of nitrogens with zero attached hydrogens (tertiary/aromatic N) is 3. The van der Waals surface area contributed by atoms with Gasteiger partial charge in [0, 0.05) is 9.93 Å². The molecular formula is C20H22ClN3O5. The lowest BCUT2D eigenvalue weighted by atomic mass is 9.94. The zero-order chi connectivity index (χ0) is 21.0. The number of rotatable bonds is 7. The molecule has 0 spiro atoms. The molecule has 8 nitrogen and oxygen atoms in total. The van der Waals surface area contributed by atoms with Gasteiger partial charge in [0.05, 0.1) is 12.6 Å². The second-order valence-corrected chi connectivity index (χ2v) is 7.13. The minimum Gasteiger partial charge on any atom is -0.494 e. The Hall–Kier alpha value is -2.32. The topological polar surface area (TPSA) is 128 Å². The van der Waals surface area contributed by atoms with E-state index in [-0.39, 0.29) is 0 Å². The summed E-state index contributed by atoms with van der Waals surface area (Å²) in [4.78, 5) is 2.83. The van der Waals surface area contributed by atoms with E-state index in [1.165, 1.54) is 0 Å². The van der Waals surface area contributed by atoms with Crippen molar-refractivity contribution in [3.63, 3.8) is 0 Å². The maximum atomic E-state index is 10.2. The van der Waals surface area contributed by atoms with Crippen molar-refractivity contribution < 1.29 is 24.8 Å². The van der Waals surface area contributed by atoms with Crippen molar-refractivity contribution in [3.8, 4) is 5.75 Å². The molecule has 9 heteroatoms. The van der Waals surface area contributed by atoms with E-state index in [9.17, 15) is 15.3 Å². The molecule has 3 rings (SSSR count). The molecule has 0 amide bonds. The summed E-state index contributed by atoms with van der Waals surface area (Å²) in [6.45, 7) is 2.51. The third-order valence-electron chi connectivity index (χ3n) is 4.80. The Kier molecular flexibility index (Phi) is 6.97. The molecule has 29 heavy (non-hydrogen) atoms. The summed E-state index contributed by atoms with van der Waals surface area (Å²) in [5, 5.41) is 33.8. The summed E-state index contributed by atoms with van der Waals surface area (Å²) in [6, 6.07) is 11.8. The van der Waals surface area contributed by atoms with Crippen molar-refractivity contribution in [2.24, 2.45) is 5.11 Å². The van der Waals surface area contributed by atoms with Gasteiger partial charge in [-0.3, -0.25) is 0 Å². The molecule has 0 saturated carbocycles. The van der Waals surface area contributed by atoms with Crippen molar-refractivity contribution in [3.05, 3.63) is 74.6 Å². The van der Waals surface area contributed by atoms with Gasteiger partial charge in [-0.05, 0) is 53.8 Å². The SMILES string of the molecule is CCOc1ccc(Cc2cc(C(N=[N+]=[N-])[C@@H]3O[C@@H](O)[C@@H](O)C3O)ccc2Cl)cc1. The number of benzene rings is 2. The Labute approximate surface area is 172 Å². The van der Waals surface area contributed by atoms with Crippen molar-refractivity contribution in [2.75, 3.05) is 6.61 Å². The minimum atomic E-state index is -1.55. The highest BCUT2D eigenvalue weighted by Crippen LogP contribution is 2.35. The first-order valence-corrected chi connectivity index (χ1v) is 9.56. The predicted molar refractivity (Wildman–Crippen MR) is 107 cm³/mol. The van der Waals surface area contributed by atoms with Crippen LogP contribution < -0.4 is 4.74 Å². The molecule has 5 atom stereocenters. The largest absolute Gasteiger partial charge is 0.494 e. The normalized spacial score (nSPS) is 24.7. The van der Waals surface area contributed by atoms with Crippen LogP contribution >= 0.6 is 11.6 Å². The van der Waals surface area contributed by atoms with Gasteiger partial charge in [-0.15, -0.1) is 0 Å². The number of hydrogen-bond acceptors (Lipinski definition) is 6. The summed E-state index contributed by atoms with van der Waals surface area (Å²) in [5.74, 6) is 0.781. The van der Waals surface area contributed by atoms with Gasteiger partial charge in [0.25, 0.3) is 0 Å². The molecule has 2 aromatic rings. The molecule has 1 fully saturated rings. The van der Waals surface area contributed by atoms with Crippen LogP contribution in [0, 0.1) is 0 Å². The highest BCUT2D eigenvalue weighted by atomic mass is 35.5. The average molecular weight is 420 g/mol. The molecule has 154 valence electrons. The van der Waals surface area contributed by atoms with Gasteiger partial charge in [-0.25, -0.2) is 0 Å². The number of aliphatic hydroxyl groups excluding tert-OH is 3. The van der Waals surface area contributed by atoms with E-state index in [2.05, 4.69) is 10.0 Å². The fraction of sp³-hybridized carbons (Fsp3) is 0.400. The number of azide groups is 1. The van der Waals surface area contributed by atoms with E-state index in [0.717, 1.165) is 16.9 Å². The van der Waals surface area contributed by atoms with E-state index >= 15 is 0 Å². The molecular weight excluding hydrogens is 398 g/mol. The highest BCUT2D eigenvalue weighted by Gasteiger charge is 2.45. The molecule has 2 unspecified atom stereocenters. The van der Waals surface area contributed by atoms with E-state index in [0.29, 0.717) is 23.6 Å². The van der Waals surface area contributed by atoms with Gasteiger partial charge < -0.3 is 24.8 Å². The number of aliphatic hydroxyl groups is 3. The van der Waals surface area contributed by atoms with Crippen LogP contribution in [0.3, 0.4) is 0 Å². The van der Waals surface area contributed by atoms with Gasteiger partial charge in [0.1, 0.15) is 24.1 Å². The lowest BCUT2D eigenvalue weighted by molar-refractivity contribution is -0.130. The Morgan fingerprint density at radius 1 is 1.17 bits per heavy atom. The van der Waals surface area contributed by atoms with Crippen LogP contribution in [0.5, 0.6) is 5.75 Å². The van der Waals surface area contributed by atoms with E-state index in [1.807, 2.05) is 31.2 Å². The van der Waals surface area contributed by atoms with Crippen LogP contribution in [0.4, 0.5) is 0 Å². The van der Waals surface area contributed by atoms with Crippen LogP contribution in [0.15, 0.2) is 47.6 Å². The summed E-state index contributed by atoms with van der Waals surface area (Å²) in [5.41, 5.74) is 11.3. The van der Waals surface area contributed by atoms with Gasteiger partial charge in [-0.1, -0.05) is 41.0 Å². The van der Waals surface area contributed by atoms with Crippen molar-refractivity contribution in [2.45, 2.75) is 44.0 Å². The molecule has 1 aliphatic rings. The van der Waals surface area contributed by atoms with Crippen molar-refractivity contribution in [1.82, 2.24) is 0 Å². The molecule has 2 aromatic carbocycles. The van der Waals surface area contributed by atoms with Crippen LogP contribution in [0.1, 0.15) is 29.7 Å². The van der Waals surface area contributed by atoms with Crippen LogP contribution in [0.2, 0.25) is 5.02 Å². The first kappa shape index (κ1) is 21.4. The van der Waals surface area contributed by atoms with Gasteiger partial charge >= 0.3 is 0 Å². The molecule has 3 N–H and O–H groups in total. The lowest BCUT2D eigenvalue weighted by Gasteiger charge is -2.22. The minimum absolute atomic E-state index is 0.529. The molecule has 0 radical (unpaired) electrons. The smallest absolute Gasteiger partial charge is 0.183 e. The number of ether oxygens (including phenoxy) is 2. The summed E-state index contributed by atoms with van der Waals surface area (Å²) in [7, 11) is 0. The highest BCUT2D eigenvalue weighted by molar-refractivity contribution is 6.31. The maximum absolute atomic E-state index is 10.2. The first-order chi connectivity index (χ1) is 13.9. The zero-order valence-electron chi connectivity index (χ0n) is 15.7. The monoisotopic (exact) mass is 419 g/mol. The van der Waals surface area contributed by atoms with Crippen LogP contribution in [0.25, 0.3) is 10.4 Å². The number of halogens is 1. The Morgan fingerprint density at radius 3 is 2.48 bits per heavy atom. The standard InChI is InChI=1S/C20H22ClN3O5/c1-2-28-14-6-3-11(4-7-14)9-13-10-12(5-8-15(13)21)16(23-24-22)19-17(25)18(26)20(27)29-19/h3-8,10,16-20,25-27H,2,9H2,1H3/t16?,17?,18-,19-,20+/m0/s1. The van der Waals surface area contributed by atoms with Gasteiger partial charge in [0.2, 0.25) is 0 Å². The fourth-order valence-electron chi connectivity index (χ4n) is 3.33. The second kappa shape index (κ2) is 9.45. The van der Waals surface area contributed by atoms with Gasteiger partial charge in [0.15, 0.2) is 6.29 Å². The number of hydrogen-bond donors (Lipinski definition) is 3. The van der Waals surface area contributed by atoms with Gasteiger partial charge in [-0.2, -0.15) is 0 Å². The Morgan fingerprint density at radius 2 is 1.90 bits per heavy atom. The summed E-state index contributed by atoms with van der Waals surface area (Å²) >= 11 is 6.35. The van der Waals surface area contributed by atoms with Crippen molar-refractivity contribution >= 4 is 11.6 Å². The predicted octanol–water partition coefficient (Wildman–Crippen LogP) is 3.12. The zero-order valence-corrected chi connectivity index (χ0v) is 16.5. The van der Waals surface area contributed by atoms with Crippen molar-refractivity contribution in [1.29, 1.82) is 0 Å². The van der Waals surface area contributed by atoms with E-state index in [1.54, 1.807) is 18.2 Å². The first-order valence-electron chi connectivity index (χ1n) is 9.18. The Balaban J connectivity index is 1.87. The summed E-state index contributed by atoms with van der Waals surface area (Å²) < 4.78 is 10.7. The molecule has 0 bridgehead atoms. The average Bonchev–Trinajstić information content (AvgIpc) is 2.97. The second-order valence-electron chi connectivity index (χ2n) is 6.73. The van der Waals surface area contributed by atoms with E-state index in [4.69, 9.17) is 26.6 Å². The summed E-state index contributed by atoms with van der Waals surface area (Å²) in [6.07, 6.45) is -4.99. The van der Waals surface area contributed by atoms with E-state index < -0.39 is 30.6 Å².